The van der Waals surface area contributed by atoms with Crippen molar-refractivity contribution in [1.29, 1.82) is 0 Å². The summed E-state index contributed by atoms with van der Waals surface area (Å²) in [6.07, 6.45) is 2.63. The third-order valence-corrected chi connectivity index (χ3v) is 2.82. The van der Waals surface area contributed by atoms with Gasteiger partial charge < -0.3 is 10.5 Å². The Balaban J connectivity index is 3.82. The van der Waals surface area contributed by atoms with E-state index in [0.29, 0.717) is 12.3 Å². The number of nitrogens with two attached hydrogens (primary N) is 1. The molecule has 0 heterocycles. The molecule has 0 aromatic rings. The third-order valence-electron chi connectivity index (χ3n) is 2.18. The summed E-state index contributed by atoms with van der Waals surface area (Å²) in [5.41, 5.74) is 5.66. The van der Waals surface area contributed by atoms with Crippen molar-refractivity contribution in [3.05, 3.63) is 0 Å². The highest BCUT2D eigenvalue weighted by Gasteiger charge is 2.18. The van der Waals surface area contributed by atoms with Gasteiger partial charge in [-0.05, 0) is 31.3 Å². The summed E-state index contributed by atoms with van der Waals surface area (Å²) in [5, 5.41) is 0. The van der Waals surface area contributed by atoms with Crippen molar-refractivity contribution in [2.75, 3.05) is 12.0 Å². The highest BCUT2D eigenvalue weighted by atomic mass is 32.2. The van der Waals surface area contributed by atoms with Crippen LogP contribution < -0.4 is 5.73 Å². The molecule has 0 aromatic heterocycles. The van der Waals surface area contributed by atoms with Gasteiger partial charge in [0.2, 0.25) is 0 Å². The first-order valence-electron chi connectivity index (χ1n) is 4.94. The van der Waals surface area contributed by atoms with Crippen molar-refractivity contribution < 1.29 is 9.53 Å². The van der Waals surface area contributed by atoms with Crippen LogP contribution in [0.4, 0.5) is 0 Å². The Hall–Kier alpha value is -0.220. The molecule has 2 atom stereocenters. The second kappa shape index (κ2) is 7.12. The van der Waals surface area contributed by atoms with Gasteiger partial charge in [-0.25, -0.2) is 0 Å². The summed E-state index contributed by atoms with van der Waals surface area (Å²) in [4.78, 5) is 11.4. The van der Waals surface area contributed by atoms with E-state index in [-0.39, 0.29) is 12.1 Å². The van der Waals surface area contributed by atoms with E-state index >= 15 is 0 Å². The van der Waals surface area contributed by atoms with E-state index in [2.05, 4.69) is 0 Å². The van der Waals surface area contributed by atoms with Crippen molar-refractivity contribution in [3.8, 4) is 0 Å². The van der Waals surface area contributed by atoms with Crippen LogP contribution in [-0.4, -0.2) is 30.1 Å². The van der Waals surface area contributed by atoms with Crippen LogP contribution in [0.3, 0.4) is 0 Å². The molecule has 84 valence electrons. The summed E-state index contributed by atoms with van der Waals surface area (Å²) in [6, 6.07) is -0.469. The van der Waals surface area contributed by atoms with Crippen LogP contribution in [0.1, 0.15) is 27.2 Å². The van der Waals surface area contributed by atoms with Crippen molar-refractivity contribution in [1.82, 2.24) is 0 Å². The van der Waals surface area contributed by atoms with Crippen LogP contribution in [-0.2, 0) is 9.53 Å². The van der Waals surface area contributed by atoms with Gasteiger partial charge in [0.05, 0.1) is 0 Å². The van der Waals surface area contributed by atoms with Crippen LogP contribution in [0, 0.1) is 5.92 Å². The van der Waals surface area contributed by atoms with E-state index in [0.717, 1.165) is 5.75 Å². The minimum absolute atomic E-state index is 0.0529. The first-order chi connectivity index (χ1) is 6.49. The predicted octanol–water partition coefficient (Wildman–Crippen LogP) is 1.65. The molecule has 0 fully saturated rings. The first kappa shape index (κ1) is 13.8. The van der Waals surface area contributed by atoms with Gasteiger partial charge in [-0.1, -0.05) is 13.8 Å². The second-order valence-corrected chi connectivity index (χ2v) is 4.76. The highest BCUT2D eigenvalue weighted by Crippen LogP contribution is 2.08. The minimum Gasteiger partial charge on any atom is -0.461 e. The molecule has 0 aliphatic heterocycles. The zero-order valence-corrected chi connectivity index (χ0v) is 10.3. The fourth-order valence-electron chi connectivity index (χ4n) is 0.769. The van der Waals surface area contributed by atoms with Gasteiger partial charge in [-0.15, -0.1) is 0 Å². The molecule has 2 N–H and O–H groups in total. The maximum atomic E-state index is 11.4. The summed E-state index contributed by atoms with van der Waals surface area (Å²) in [6.45, 7) is 5.93. The van der Waals surface area contributed by atoms with E-state index < -0.39 is 6.04 Å². The number of carbonyl (C=O) groups is 1. The maximum absolute atomic E-state index is 11.4. The molecule has 0 saturated heterocycles. The van der Waals surface area contributed by atoms with Crippen LogP contribution in [0.15, 0.2) is 0 Å². The number of carbonyl (C=O) groups excluding carboxylic acids is 1. The van der Waals surface area contributed by atoms with Gasteiger partial charge in [0, 0.05) is 0 Å². The molecule has 0 aliphatic carbocycles. The van der Waals surface area contributed by atoms with E-state index in [4.69, 9.17) is 10.5 Å². The molecule has 0 radical (unpaired) electrons. The Morgan fingerprint density at radius 2 is 2.00 bits per heavy atom. The third kappa shape index (κ3) is 5.50. The van der Waals surface area contributed by atoms with Crippen LogP contribution in [0.25, 0.3) is 0 Å². The SMILES string of the molecule is CSCC[C@H](N)C(=O)O[C@@H](C)C(C)C. The lowest BCUT2D eigenvalue weighted by atomic mass is 10.1. The van der Waals surface area contributed by atoms with Gasteiger partial charge in [0.25, 0.3) is 0 Å². The van der Waals surface area contributed by atoms with E-state index in [9.17, 15) is 4.79 Å². The Morgan fingerprint density at radius 1 is 1.43 bits per heavy atom. The number of ether oxygens (including phenoxy) is 1. The lowest BCUT2D eigenvalue weighted by molar-refractivity contribution is -0.151. The van der Waals surface area contributed by atoms with Gasteiger partial charge >= 0.3 is 5.97 Å². The Labute approximate surface area is 90.8 Å². The van der Waals surface area contributed by atoms with E-state index in [1.54, 1.807) is 11.8 Å². The van der Waals surface area contributed by atoms with Crippen molar-refractivity contribution in [2.24, 2.45) is 11.7 Å². The fourth-order valence-corrected chi connectivity index (χ4v) is 1.26. The number of thioether (sulfide) groups is 1. The van der Waals surface area contributed by atoms with Gasteiger partial charge in [-0.3, -0.25) is 4.79 Å². The zero-order valence-electron chi connectivity index (χ0n) is 9.45. The summed E-state index contributed by atoms with van der Waals surface area (Å²) >= 11 is 1.68. The van der Waals surface area contributed by atoms with Gasteiger partial charge in [0.1, 0.15) is 12.1 Å². The predicted molar refractivity (Wildman–Crippen MR) is 61.4 cm³/mol. The molecular formula is C10H21NO2S. The van der Waals surface area contributed by atoms with E-state index in [1.165, 1.54) is 0 Å². The first-order valence-corrected chi connectivity index (χ1v) is 6.33. The Bertz CT molecular complexity index is 174. The monoisotopic (exact) mass is 219 g/mol. The van der Waals surface area contributed by atoms with Crippen LogP contribution in [0.2, 0.25) is 0 Å². The van der Waals surface area contributed by atoms with Crippen LogP contribution in [0.5, 0.6) is 0 Å². The lowest BCUT2D eigenvalue weighted by Gasteiger charge is -2.19. The van der Waals surface area contributed by atoms with Crippen molar-refractivity contribution in [3.63, 3.8) is 0 Å². The van der Waals surface area contributed by atoms with Gasteiger partial charge in [0.15, 0.2) is 0 Å². The normalized spacial score (nSPS) is 15.3. The average Bonchev–Trinajstić information content (AvgIpc) is 2.13. The molecule has 0 saturated carbocycles. The molecule has 0 aromatic carbocycles. The number of hydrogen-bond donors (Lipinski definition) is 1. The fraction of sp³-hybridized carbons (Fsp3) is 0.900. The second-order valence-electron chi connectivity index (χ2n) is 3.77. The number of esters is 1. The van der Waals surface area contributed by atoms with E-state index in [1.807, 2.05) is 27.0 Å². The average molecular weight is 219 g/mol. The zero-order chi connectivity index (χ0) is 11.1. The summed E-state index contributed by atoms with van der Waals surface area (Å²) < 4.78 is 5.20. The summed E-state index contributed by atoms with van der Waals surface area (Å²) in [7, 11) is 0. The Morgan fingerprint density at radius 3 is 2.43 bits per heavy atom. The standard InChI is InChI=1S/C10H21NO2S/c1-7(2)8(3)13-10(12)9(11)5-6-14-4/h7-9H,5-6,11H2,1-4H3/t8-,9-/m0/s1. The molecular weight excluding hydrogens is 198 g/mol. The van der Waals surface area contributed by atoms with Crippen molar-refractivity contribution in [2.45, 2.75) is 39.3 Å². The molecule has 14 heavy (non-hydrogen) atoms. The molecule has 0 aliphatic rings. The molecule has 0 rings (SSSR count). The number of rotatable bonds is 6. The molecule has 0 unspecified atom stereocenters. The highest BCUT2D eigenvalue weighted by molar-refractivity contribution is 7.98. The molecule has 4 heteroatoms. The van der Waals surface area contributed by atoms with Crippen molar-refractivity contribution >= 4 is 17.7 Å². The largest absolute Gasteiger partial charge is 0.461 e. The summed E-state index contributed by atoms with van der Waals surface area (Å²) in [5.74, 6) is 0.957. The topological polar surface area (TPSA) is 52.3 Å². The lowest BCUT2D eigenvalue weighted by Crippen LogP contribution is -2.36. The quantitative estimate of drug-likeness (QED) is 0.690. The smallest absolute Gasteiger partial charge is 0.323 e. The molecule has 3 nitrogen and oxygen atoms in total. The minimum atomic E-state index is -0.469. The molecule has 0 spiro atoms. The van der Waals surface area contributed by atoms with Crippen LogP contribution >= 0.6 is 11.8 Å². The van der Waals surface area contributed by atoms with Gasteiger partial charge in [-0.2, -0.15) is 11.8 Å². The Kier molecular flexibility index (Phi) is 7.01. The molecule has 0 bridgehead atoms. The molecule has 0 amide bonds. The maximum Gasteiger partial charge on any atom is 0.323 e. The number of hydrogen-bond acceptors (Lipinski definition) is 4.